The molecule has 0 radical (unpaired) electrons. The third kappa shape index (κ3) is 3.28. The van der Waals surface area contributed by atoms with Crippen LogP contribution in [0.2, 0.25) is 0 Å². The highest BCUT2D eigenvalue weighted by atomic mass is 32.2. The molecule has 0 bridgehead atoms. The summed E-state index contributed by atoms with van der Waals surface area (Å²) in [5.41, 5.74) is 2.40. The summed E-state index contributed by atoms with van der Waals surface area (Å²) >= 11 is 3.57. The van der Waals surface area contributed by atoms with Gasteiger partial charge in [-0.1, -0.05) is 17.4 Å². The molecule has 2 heterocycles. The highest BCUT2D eigenvalue weighted by molar-refractivity contribution is 7.98. The second-order valence-electron chi connectivity index (χ2n) is 5.98. The van der Waals surface area contributed by atoms with Crippen LogP contribution in [0.25, 0.3) is 10.2 Å². The van der Waals surface area contributed by atoms with Crippen LogP contribution in [-0.2, 0) is 0 Å². The first-order valence-electron chi connectivity index (χ1n) is 8.36. The lowest BCUT2D eigenvalue weighted by atomic mass is 10.2. The van der Waals surface area contributed by atoms with Gasteiger partial charge in [-0.2, -0.15) is 0 Å². The molecule has 1 fully saturated rings. The third-order valence-corrected chi connectivity index (χ3v) is 6.43. The Bertz CT molecular complexity index is 855. The molecule has 130 valence electrons. The number of rotatable bonds is 4. The SMILES string of the molecule is COc1ccc(N2CCN(c3nc4c(SC)cccc4s3)CC2)cc1. The smallest absolute Gasteiger partial charge is 0.186 e. The van der Waals surface area contributed by atoms with Crippen LogP contribution in [0.4, 0.5) is 10.8 Å². The summed E-state index contributed by atoms with van der Waals surface area (Å²) in [5.74, 6) is 0.904. The fourth-order valence-corrected chi connectivity index (χ4v) is 4.83. The van der Waals surface area contributed by atoms with E-state index in [0.717, 1.165) is 42.6 Å². The van der Waals surface area contributed by atoms with E-state index >= 15 is 0 Å². The van der Waals surface area contributed by atoms with Crippen molar-refractivity contribution >= 4 is 44.1 Å². The normalized spacial score (nSPS) is 15.0. The summed E-state index contributed by atoms with van der Waals surface area (Å²) in [5, 5.41) is 1.14. The quantitative estimate of drug-likeness (QED) is 0.636. The second-order valence-corrected chi connectivity index (χ2v) is 7.83. The number of fused-ring (bicyclic) bond motifs is 1. The van der Waals surface area contributed by atoms with E-state index < -0.39 is 0 Å². The topological polar surface area (TPSA) is 28.6 Å². The van der Waals surface area contributed by atoms with Gasteiger partial charge in [-0.15, -0.1) is 11.8 Å². The van der Waals surface area contributed by atoms with Crippen LogP contribution in [-0.4, -0.2) is 44.5 Å². The second kappa shape index (κ2) is 7.14. The molecule has 1 saturated heterocycles. The van der Waals surface area contributed by atoms with Crippen molar-refractivity contribution in [1.82, 2.24) is 4.98 Å². The molecule has 0 saturated carbocycles. The van der Waals surface area contributed by atoms with Crippen molar-refractivity contribution in [3.8, 4) is 5.75 Å². The van der Waals surface area contributed by atoms with Gasteiger partial charge in [0.15, 0.2) is 5.13 Å². The van der Waals surface area contributed by atoms with Gasteiger partial charge in [0, 0.05) is 36.8 Å². The molecule has 0 spiro atoms. The van der Waals surface area contributed by atoms with Gasteiger partial charge in [0.1, 0.15) is 5.75 Å². The number of nitrogens with zero attached hydrogens (tertiary/aromatic N) is 3. The molecule has 4 rings (SSSR count). The number of hydrogen-bond acceptors (Lipinski definition) is 6. The Morgan fingerprint density at radius 2 is 1.72 bits per heavy atom. The van der Waals surface area contributed by atoms with Crippen molar-refractivity contribution in [2.24, 2.45) is 0 Å². The highest BCUT2D eigenvalue weighted by Gasteiger charge is 2.20. The number of aromatic nitrogens is 1. The average Bonchev–Trinajstić information content (AvgIpc) is 3.12. The zero-order valence-corrected chi connectivity index (χ0v) is 16.1. The molecule has 0 atom stereocenters. The molecular weight excluding hydrogens is 350 g/mol. The molecule has 0 aliphatic carbocycles. The van der Waals surface area contributed by atoms with E-state index in [4.69, 9.17) is 9.72 Å². The Kier molecular flexibility index (Phi) is 4.72. The molecule has 1 aromatic heterocycles. The van der Waals surface area contributed by atoms with E-state index in [1.807, 2.05) is 12.1 Å². The highest BCUT2D eigenvalue weighted by Crippen LogP contribution is 2.34. The van der Waals surface area contributed by atoms with E-state index in [2.05, 4.69) is 46.4 Å². The lowest BCUT2D eigenvalue weighted by Crippen LogP contribution is -2.46. The van der Waals surface area contributed by atoms with Gasteiger partial charge in [0.2, 0.25) is 0 Å². The summed E-state index contributed by atoms with van der Waals surface area (Å²) in [4.78, 5) is 11.0. The van der Waals surface area contributed by atoms with Crippen molar-refractivity contribution in [3.63, 3.8) is 0 Å². The zero-order valence-electron chi connectivity index (χ0n) is 14.4. The van der Waals surface area contributed by atoms with E-state index in [0.29, 0.717) is 0 Å². The van der Waals surface area contributed by atoms with Crippen molar-refractivity contribution in [2.45, 2.75) is 4.90 Å². The number of anilines is 2. The summed E-state index contributed by atoms with van der Waals surface area (Å²) < 4.78 is 6.52. The van der Waals surface area contributed by atoms with Crippen molar-refractivity contribution < 1.29 is 4.74 Å². The Labute approximate surface area is 156 Å². The summed E-state index contributed by atoms with van der Waals surface area (Å²) in [7, 11) is 1.70. The number of methoxy groups -OCH3 is 1. The Morgan fingerprint density at radius 1 is 1.00 bits per heavy atom. The van der Waals surface area contributed by atoms with Crippen LogP contribution in [0.15, 0.2) is 47.4 Å². The number of thiazole rings is 1. The van der Waals surface area contributed by atoms with E-state index in [9.17, 15) is 0 Å². The third-order valence-electron chi connectivity index (χ3n) is 4.58. The molecular formula is C19H21N3OS2. The van der Waals surface area contributed by atoms with Crippen molar-refractivity contribution in [1.29, 1.82) is 0 Å². The molecule has 25 heavy (non-hydrogen) atoms. The van der Waals surface area contributed by atoms with E-state index in [1.165, 1.54) is 15.3 Å². The number of ether oxygens (including phenoxy) is 1. The molecule has 0 unspecified atom stereocenters. The average molecular weight is 372 g/mol. The molecule has 0 amide bonds. The van der Waals surface area contributed by atoms with Crippen LogP contribution >= 0.6 is 23.1 Å². The number of hydrogen-bond donors (Lipinski definition) is 0. The fraction of sp³-hybridized carbons (Fsp3) is 0.316. The van der Waals surface area contributed by atoms with Gasteiger partial charge < -0.3 is 14.5 Å². The molecule has 1 aliphatic heterocycles. The number of thioether (sulfide) groups is 1. The largest absolute Gasteiger partial charge is 0.497 e. The first kappa shape index (κ1) is 16.5. The van der Waals surface area contributed by atoms with E-state index in [-0.39, 0.29) is 0 Å². The Hall–Kier alpha value is -1.92. The molecule has 1 aliphatic rings. The predicted octanol–water partition coefficient (Wildman–Crippen LogP) is 4.35. The zero-order chi connectivity index (χ0) is 17.2. The van der Waals surface area contributed by atoms with Gasteiger partial charge in [-0.25, -0.2) is 4.98 Å². The van der Waals surface area contributed by atoms with Crippen molar-refractivity contribution in [2.75, 3.05) is 49.3 Å². The molecule has 4 nitrogen and oxygen atoms in total. The van der Waals surface area contributed by atoms with Gasteiger partial charge in [0.05, 0.1) is 17.3 Å². The van der Waals surface area contributed by atoms with Crippen LogP contribution in [0.1, 0.15) is 0 Å². The minimum atomic E-state index is 0.904. The summed E-state index contributed by atoms with van der Waals surface area (Å²) in [6, 6.07) is 14.8. The molecule has 2 aromatic carbocycles. The fourth-order valence-electron chi connectivity index (χ4n) is 3.16. The Balaban J connectivity index is 1.48. The van der Waals surface area contributed by atoms with Crippen LogP contribution in [0, 0.1) is 0 Å². The Morgan fingerprint density at radius 3 is 2.40 bits per heavy atom. The van der Waals surface area contributed by atoms with Gasteiger partial charge in [0.25, 0.3) is 0 Å². The van der Waals surface area contributed by atoms with Crippen LogP contribution < -0.4 is 14.5 Å². The minimum absolute atomic E-state index is 0.904. The molecule has 0 N–H and O–H groups in total. The number of piperazine rings is 1. The first-order valence-corrected chi connectivity index (χ1v) is 10.4. The van der Waals surface area contributed by atoms with Gasteiger partial charge in [-0.3, -0.25) is 0 Å². The summed E-state index contributed by atoms with van der Waals surface area (Å²) in [6.07, 6.45) is 2.11. The van der Waals surface area contributed by atoms with Crippen LogP contribution in [0.3, 0.4) is 0 Å². The predicted molar refractivity (Wildman–Crippen MR) is 109 cm³/mol. The standard InChI is InChI=1S/C19H21N3OS2/c1-23-15-8-6-14(7-9-15)21-10-12-22(13-11-21)19-20-18-16(24-2)4-3-5-17(18)25-19/h3-9H,10-13H2,1-2H3. The van der Waals surface area contributed by atoms with E-state index in [1.54, 1.807) is 30.2 Å². The number of para-hydroxylation sites is 1. The maximum atomic E-state index is 5.24. The van der Waals surface area contributed by atoms with Gasteiger partial charge in [-0.05, 0) is 42.7 Å². The van der Waals surface area contributed by atoms with Gasteiger partial charge >= 0.3 is 0 Å². The number of benzene rings is 2. The van der Waals surface area contributed by atoms with Crippen molar-refractivity contribution in [3.05, 3.63) is 42.5 Å². The monoisotopic (exact) mass is 371 g/mol. The maximum Gasteiger partial charge on any atom is 0.186 e. The molecule has 3 aromatic rings. The summed E-state index contributed by atoms with van der Waals surface area (Å²) in [6.45, 7) is 4.02. The minimum Gasteiger partial charge on any atom is -0.497 e. The lowest BCUT2D eigenvalue weighted by Gasteiger charge is -2.36. The first-order chi connectivity index (χ1) is 12.3. The maximum absolute atomic E-state index is 5.24. The lowest BCUT2D eigenvalue weighted by molar-refractivity contribution is 0.415. The van der Waals surface area contributed by atoms with Crippen LogP contribution in [0.5, 0.6) is 5.75 Å². The molecule has 6 heteroatoms.